The molecule has 0 aromatic heterocycles. The quantitative estimate of drug-likeness (QED) is 0.823. The standard InChI is InChI=1S/C18H22FNO3/c1-12(17(21)13-7-9-15(19)10-8-13)20-11-14-5-4-6-16(22-2)18(14)23-3/h4-10,12,17,20-21H,11H2,1-3H3. The highest BCUT2D eigenvalue weighted by molar-refractivity contribution is 5.46. The maximum absolute atomic E-state index is 13.0. The molecule has 0 saturated heterocycles. The Kier molecular flexibility index (Phi) is 5.96. The number of hydrogen-bond acceptors (Lipinski definition) is 4. The highest BCUT2D eigenvalue weighted by Gasteiger charge is 2.17. The molecule has 2 unspecified atom stereocenters. The molecule has 23 heavy (non-hydrogen) atoms. The Balaban J connectivity index is 2.04. The maximum Gasteiger partial charge on any atom is 0.165 e. The lowest BCUT2D eigenvalue weighted by molar-refractivity contribution is 0.135. The van der Waals surface area contributed by atoms with E-state index in [0.717, 1.165) is 5.56 Å². The molecule has 2 aromatic rings. The fourth-order valence-corrected chi connectivity index (χ4v) is 2.42. The lowest BCUT2D eigenvalue weighted by Crippen LogP contribution is -2.31. The minimum Gasteiger partial charge on any atom is -0.493 e. The molecule has 2 rings (SSSR count). The molecule has 0 fully saturated rings. The highest BCUT2D eigenvalue weighted by Crippen LogP contribution is 2.30. The van der Waals surface area contributed by atoms with Gasteiger partial charge in [-0.1, -0.05) is 24.3 Å². The van der Waals surface area contributed by atoms with E-state index in [1.165, 1.54) is 12.1 Å². The van der Waals surface area contributed by atoms with Gasteiger partial charge in [0.15, 0.2) is 11.5 Å². The number of halogens is 1. The largest absolute Gasteiger partial charge is 0.493 e. The average molecular weight is 319 g/mol. The molecule has 2 aromatic carbocycles. The summed E-state index contributed by atoms with van der Waals surface area (Å²) in [5.74, 6) is 1.02. The summed E-state index contributed by atoms with van der Waals surface area (Å²) in [7, 11) is 3.19. The summed E-state index contributed by atoms with van der Waals surface area (Å²) >= 11 is 0. The van der Waals surface area contributed by atoms with E-state index in [2.05, 4.69) is 5.32 Å². The Labute approximate surface area is 135 Å². The predicted molar refractivity (Wildman–Crippen MR) is 87.2 cm³/mol. The second-order valence-electron chi connectivity index (χ2n) is 5.32. The SMILES string of the molecule is COc1cccc(CNC(C)C(O)c2ccc(F)cc2)c1OC. The van der Waals surface area contributed by atoms with Crippen LogP contribution >= 0.6 is 0 Å². The number of para-hydroxylation sites is 1. The lowest BCUT2D eigenvalue weighted by Gasteiger charge is -2.21. The first-order chi connectivity index (χ1) is 11.1. The molecule has 0 saturated carbocycles. The van der Waals surface area contributed by atoms with Gasteiger partial charge in [0.05, 0.1) is 20.3 Å². The van der Waals surface area contributed by atoms with Crippen LogP contribution in [-0.2, 0) is 6.54 Å². The smallest absolute Gasteiger partial charge is 0.165 e. The van der Waals surface area contributed by atoms with E-state index in [0.29, 0.717) is 23.6 Å². The van der Waals surface area contributed by atoms with E-state index in [1.807, 2.05) is 25.1 Å². The van der Waals surface area contributed by atoms with Gasteiger partial charge in [-0.3, -0.25) is 0 Å². The number of hydrogen-bond donors (Lipinski definition) is 2. The van der Waals surface area contributed by atoms with Crippen molar-refractivity contribution in [3.8, 4) is 11.5 Å². The first-order valence-electron chi connectivity index (χ1n) is 7.43. The molecular weight excluding hydrogens is 297 g/mol. The Bertz CT molecular complexity index is 631. The van der Waals surface area contributed by atoms with E-state index in [4.69, 9.17) is 9.47 Å². The summed E-state index contributed by atoms with van der Waals surface area (Å²) in [6.45, 7) is 2.39. The van der Waals surface area contributed by atoms with E-state index >= 15 is 0 Å². The molecule has 4 nitrogen and oxygen atoms in total. The first kappa shape index (κ1) is 17.2. The van der Waals surface area contributed by atoms with Crippen LogP contribution in [0.4, 0.5) is 4.39 Å². The van der Waals surface area contributed by atoms with Crippen LogP contribution in [-0.4, -0.2) is 25.4 Å². The Morgan fingerprint density at radius 3 is 2.39 bits per heavy atom. The van der Waals surface area contributed by atoms with Gasteiger partial charge in [0.2, 0.25) is 0 Å². The van der Waals surface area contributed by atoms with E-state index in [-0.39, 0.29) is 11.9 Å². The molecule has 0 aliphatic rings. The monoisotopic (exact) mass is 319 g/mol. The van der Waals surface area contributed by atoms with Crippen LogP contribution in [0, 0.1) is 5.82 Å². The number of methoxy groups -OCH3 is 2. The molecule has 0 radical (unpaired) electrons. The number of aliphatic hydroxyl groups excluding tert-OH is 1. The molecule has 0 spiro atoms. The Morgan fingerprint density at radius 1 is 1.09 bits per heavy atom. The van der Waals surface area contributed by atoms with Crippen molar-refractivity contribution in [3.05, 3.63) is 59.4 Å². The van der Waals surface area contributed by atoms with Gasteiger partial charge >= 0.3 is 0 Å². The van der Waals surface area contributed by atoms with E-state index in [9.17, 15) is 9.50 Å². The average Bonchev–Trinajstić information content (AvgIpc) is 2.59. The van der Waals surface area contributed by atoms with Crippen LogP contribution in [0.25, 0.3) is 0 Å². The summed E-state index contributed by atoms with van der Waals surface area (Å²) in [5.41, 5.74) is 1.61. The summed E-state index contributed by atoms with van der Waals surface area (Å²) in [6.07, 6.45) is -0.729. The predicted octanol–water partition coefficient (Wildman–Crippen LogP) is 3.05. The van der Waals surface area contributed by atoms with Crippen LogP contribution in [0.3, 0.4) is 0 Å². The van der Waals surface area contributed by atoms with Crippen molar-refractivity contribution in [1.29, 1.82) is 0 Å². The summed E-state index contributed by atoms with van der Waals surface area (Å²) in [5, 5.41) is 13.6. The Hall–Kier alpha value is -2.11. The van der Waals surface area contributed by atoms with Gasteiger partial charge in [-0.25, -0.2) is 4.39 Å². The number of nitrogens with one attached hydrogen (secondary N) is 1. The molecule has 0 heterocycles. The van der Waals surface area contributed by atoms with Crippen molar-refractivity contribution < 1.29 is 19.0 Å². The number of rotatable bonds is 7. The first-order valence-corrected chi connectivity index (χ1v) is 7.43. The third-order valence-corrected chi connectivity index (χ3v) is 3.78. The van der Waals surface area contributed by atoms with Gasteiger partial charge in [0.25, 0.3) is 0 Å². The summed E-state index contributed by atoms with van der Waals surface area (Å²) in [6, 6.07) is 11.3. The topological polar surface area (TPSA) is 50.7 Å². The molecule has 0 aliphatic heterocycles. The zero-order valence-electron chi connectivity index (χ0n) is 13.5. The number of ether oxygens (including phenoxy) is 2. The van der Waals surface area contributed by atoms with Gasteiger partial charge in [0, 0.05) is 18.2 Å². The zero-order valence-corrected chi connectivity index (χ0v) is 13.5. The minimum absolute atomic E-state index is 0.212. The van der Waals surface area contributed by atoms with Crippen LogP contribution in [0.5, 0.6) is 11.5 Å². The van der Waals surface area contributed by atoms with Gasteiger partial charge in [-0.05, 0) is 30.7 Å². The molecule has 2 N–H and O–H groups in total. The van der Waals surface area contributed by atoms with Crippen LogP contribution in [0.1, 0.15) is 24.2 Å². The van der Waals surface area contributed by atoms with Gasteiger partial charge in [-0.2, -0.15) is 0 Å². The van der Waals surface area contributed by atoms with Crippen LogP contribution in [0.15, 0.2) is 42.5 Å². The molecule has 0 bridgehead atoms. The molecule has 2 atom stereocenters. The molecular formula is C18H22FNO3. The van der Waals surface area contributed by atoms with Crippen LogP contribution < -0.4 is 14.8 Å². The van der Waals surface area contributed by atoms with E-state index in [1.54, 1.807) is 26.4 Å². The molecule has 0 aliphatic carbocycles. The van der Waals surface area contributed by atoms with Gasteiger partial charge < -0.3 is 19.9 Å². The minimum atomic E-state index is -0.729. The second-order valence-corrected chi connectivity index (χ2v) is 5.32. The van der Waals surface area contributed by atoms with E-state index < -0.39 is 6.10 Å². The van der Waals surface area contributed by atoms with Crippen molar-refractivity contribution in [1.82, 2.24) is 5.32 Å². The van der Waals surface area contributed by atoms with Crippen LogP contribution in [0.2, 0.25) is 0 Å². The lowest BCUT2D eigenvalue weighted by atomic mass is 10.0. The Morgan fingerprint density at radius 2 is 1.78 bits per heavy atom. The summed E-state index contributed by atoms with van der Waals surface area (Å²) < 4.78 is 23.6. The summed E-state index contributed by atoms with van der Waals surface area (Å²) in [4.78, 5) is 0. The van der Waals surface area contributed by atoms with Gasteiger partial charge in [0.1, 0.15) is 5.82 Å². The van der Waals surface area contributed by atoms with Crippen molar-refractivity contribution in [2.75, 3.05) is 14.2 Å². The second kappa shape index (κ2) is 7.94. The third-order valence-electron chi connectivity index (χ3n) is 3.78. The molecule has 5 heteroatoms. The van der Waals surface area contributed by atoms with Gasteiger partial charge in [-0.15, -0.1) is 0 Å². The van der Waals surface area contributed by atoms with Crippen molar-refractivity contribution >= 4 is 0 Å². The van der Waals surface area contributed by atoms with Crippen molar-refractivity contribution in [3.63, 3.8) is 0 Å². The highest BCUT2D eigenvalue weighted by atomic mass is 19.1. The third kappa shape index (κ3) is 4.21. The van der Waals surface area contributed by atoms with Crippen molar-refractivity contribution in [2.24, 2.45) is 0 Å². The fraction of sp³-hybridized carbons (Fsp3) is 0.333. The fourth-order valence-electron chi connectivity index (χ4n) is 2.42. The molecule has 0 amide bonds. The number of benzene rings is 2. The van der Waals surface area contributed by atoms with Crippen molar-refractivity contribution in [2.45, 2.75) is 25.6 Å². The molecule has 124 valence electrons. The zero-order chi connectivity index (χ0) is 16.8. The maximum atomic E-state index is 13.0. The number of aliphatic hydroxyl groups is 1. The normalized spacial score (nSPS) is 13.4.